The zero-order valence-electron chi connectivity index (χ0n) is 12.1. The average molecular weight is 302 g/mol. The first-order valence-electron chi connectivity index (χ1n) is 6.82. The number of hydrogen-bond acceptors (Lipinski definition) is 3. The predicted octanol–water partition coefficient (Wildman–Crippen LogP) is 3.41. The molecule has 0 aliphatic heterocycles. The summed E-state index contributed by atoms with van der Waals surface area (Å²) in [6, 6.07) is 16.5. The van der Waals surface area contributed by atoms with Gasteiger partial charge < -0.3 is 4.74 Å². The smallest absolute Gasteiger partial charge is 0.326 e. The number of esters is 1. The topological polar surface area (TPSA) is 43.4 Å². The number of aryl methyl sites for hydroxylation is 1. The van der Waals surface area contributed by atoms with E-state index in [0.717, 1.165) is 5.56 Å². The van der Waals surface area contributed by atoms with Gasteiger partial charge in [-0.15, -0.1) is 0 Å². The Morgan fingerprint density at radius 1 is 1.10 bits per heavy atom. The number of benzene rings is 2. The van der Waals surface area contributed by atoms with E-state index in [0.29, 0.717) is 10.5 Å². The largest absolute Gasteiger partial charge is 0.465 e. The van der Waals surface area contributed by atoms with Crippen molar-refractivity contribution < 1.29 is 13.7 Å². The fourth-order valence-electron chi connectivity index (χ4n) is 2.00. The van der Waals surface area contributed by atoms with Crippen LogP contribution in [0.5, 0.6) is 0 Å². The van der Waals surface area contributed by atoms with Gasteiger partial charge >= 0.3 is 5.97 Å². The van der Waals surface area contributed by atoms with Crippen molar-refractivity contribution >= 4 is 16.8 Å². The lowest BCUT2D eigenvalue weighted by atomic mass is 10.1. The van der Waals surface area contributed by atoms with Crippen molar-refractivity contribution in [2.75, 3.05) is 6.61 Å². The number of carbonyl (C=O) groups excluding carboxylic acids is 1. The van der Waals surface area contributed by atoms with Crippen LogP contribution in [0.3, 0.4) is 0 Å². The molecule has 21 heavy (non-hydrogen) atoms. The minimum absolute atomic E-state index is 0.271. The summed E-state index contributed by atoms with van der Waals surface area (Å²) in [4.78, 5) is 12.8. The highest BCUT2D eigenvalue weighted by atomic mass is 32.2. The van der Waals surface area contributed by atoms with Crippen molar-refractivity contribution in [1.82, 2.24) is 0 Å². The van der Waals surface area contributed by atoms with E-state index < -0.39 is 22.0 Å². The third-order valence-corrected chi connectivity index (χ3v) is 4.70. The van der Waals surface area contributed by atoms with Crippen LogP contribution in [0.4, 0.5) is 0 Å². The highest BCUT2D eigenvalue weighted by Crippen LogP contribution is 2.26. The molecule has 2 unspecified atom stereocenters. The zero-order chi connectivity index (χ0) is 15.2. The van der Waals surface area contributed by atoms with Gasteiger partial charge in [-0.25, -0.2) is 0 Å². The molecule has 110 valence electrons. The summed E-state index contributed by atoms with van der Waals surface area (Å²) in [6.45, 7) is 3.98. The molecule has 2 aromatic carbocycles. The molecule has 0 fully saturated rings. The quantitative estimate of drug-likeness (QED) is 0.795. The molecule has 0 radical (unpaired) electrons. The van der Waals surface area contributed by atoms with Crippen molar-refractivity contribution in [3.05, 3.63) is 65.7 Å². The fraction of sp³-hybridized carbons (Fsp3) is 0.235. The molecule has 2 atom stereocenters. The van der Waals surface area contributed by atoms with Crippen LogP contribution < -0.4 is 0 Å². The first-order chi connectivity index (χ1) is 10.1. The second kappa shape index (κ2) is 7.18. The number of hydrogen-bond donors (Lipinski definition) is 0. The van der Waals surface area contributed by atoms with E-state index in [2.05, 4.69) is 0 Å². The van der Waals surface area contributed by atoms with Gasteiger partial charge in [0.2, 0.25) is 0 Å². The molecule has 4 heteroatoms. The summed E-state index contributed by atoms with van der Waals surface area (Å²) in [5.41, 5.74) is 1.79. The van der Waals surface area contributed by atoms with Gasteiger partial charge in [-0.3, -0.25) is 9.00 Å². The van der Waals surface area contributed by atoms with Crippen molar-refractivity contribution in [2.45, 2.75) is 24.0 Å². The second-order valence-electron chi connectivity index (χ2n) is 4.65. The lowest BCUT2D eigenvalue weighted by molar-refractivity contribution is -0.142. The molecular formula is C17H18O3S. The van der Waals surface area contributed by atoms with Crippen molar-refractivity contribution in [3.63, 3.8) is 0 Å². The molecule has 0 aromatic heterocycles. The maximum Gasteiger partial charge on any atom is 0.326 e. The van der Waals surface area contributed by atoms with Gasteiger partial charge in [-0.1, -0.05) is 48.0 Å². The van der Waals surface area contributed by atoms with Crippen LogP contribution in [0, 0.1) is 6.92 Å². The number of ether oxygens (including phenoxy) is 1. The lowest BCUT2D eigenvalue weighted by Gasteiger charge is -2.16. The first-order valence-corrected chi connectivity index (χ1v) is 8.03. The van der Waals surface area contributed by atoms with Gasteiger partial charge in [0, 0.05) is 4.90 Å². The minimum atomic E-state index is -1.49. The van der Waals surface area contributed by atoms with E-state index in [1.165, 1.54) is 0 Å². The highest BCUT2D eigenvalue weighted by Gasteiger charge is 2.29. The van der Waals surface area contributed by atoms with Crippen molar-refractivity contribution in [3.8, 4) is 0 Å². The van der Waals surface area contributed by atoms with Crippen LogP contribution in [-0.4, -0.2) is 16.8 Å². The van der Waals surface area contributed by atoms with Gasteiger partial charge in [-0.05, 0) is 31.5 Å². The Labute approximate surface area is 127 Å². The van der Waals surface area contributed by atoms with E-state index in [-0.39, 0.29) is 6.61 Å². The Morgan fingerprint density at radius 2 is 1.71 bits per heavy atom. The molecule has 0 bridgehead atoms. The number of carbonyl (C=O) groups is 1. The maximum atomic E-state index is 12.8. The van der Waals surface area contributed by atoms with E-state index in [4.69, 9.17) is 4.74 Å². The third kappa shape index (κ3) is 3.79. The van der Waals surface area contributed by atoms with Crippen LogP contribution in [0.1, 0.15) is 23.3 Å². The molecule has 2 aromatic rings. The first kappa shape index (κ1) is 15.4. The lowest BCUT2D eigenvalue weighted by Crippen LogP contribution is -2.20. The Hall–Kier alpha value is -1.94. The van der Waals surface area contributed by atoms with Crippen LogP contribution in [0.2, 0.25) is 0 Å². The Balaban J connectivity index is 2.37. The van der Waals surface area contributed by atoms with E-state index in [1.807, 2.05) is 37.3 Å². The average Bonchev–Trinajstić information content (AvgIpc) is 2.49. The Bertz CT molecular complexity index is 620. The fourth-order valence-corrected chi connectivity index (χ4v) is 3.32. The van der Waals surface area contributed by atoms with E-state index in [1.54, 1.807) is 31.2 Å². The highest BCUT2D eigenvalue weighted by molar-refractivity contribution is 7.86. The van der Waals surface area contributed by atoms with E-state index in [9.17, 15) is 9.00 Å². The van der Waals surface area contributed by atoms with Crippen LogP contribution in [0.25, 0.3) is 0 Å². The minimum Gasteiger partial charge on any atom is -0.465 e. The molecule has 2 rings (SSSR count). The Morgan fingerprint density at radius 3 is 2.29 bits per heavy atom. The summed E-state index contributed by atoms with van der Waals surface area (Å²) >= 11 is 0. The standard InChI is InChI=1S/C17H18O3S/c1-3-20-17(18)16(14-7-5-4-6-8-14)21(19)15-11-9-13(2)10-12-15/h4-12,16H,3H2,1-2H3. The molecule has 0 spiro atoms. The summed E-state index contributed by atoms with van der Waals surface area (Å²) in [6.07, 6.45) is 0. The zero-order valence-corrected chi connectivity index (χ0v) is 12.9. The molecule has 0 amide bonds. The summed E-state index contributed by atoms with van der Waals surface area (Å²) < 4.78 is 17.9. The van der Waals surface area contributed by atoms with Gasteiger partial charge in [0.25, 0.3) is 0 Å². The van der Waals surface area contributed by atoms with Crippen LogP contribution in [0.15, 0.2) is 59.5 Å². The molecule has 0 aliphatic carbocycles. The van der Waals surface area contributed by atoms with E-state index >= 15 is 0 Å². The van der Waals surface area contributed by atoms with Crippen LogP contribution in [-0.2, 0) is 20.3 Å². The van der Waals surface area contributed by atoms with Gasteiger partial charge in [0.1, 0.15) is 0 Å². The Kier molecular flexibility index (Phi) is 5.28. The molecule has 0 saturated heterocycles. The summed E-state index contributed by atoms with van der Waals surface area (Å²) in [5, 5.41) is -0.797. The molecular weight excluding hydrogens is 284 g/mol. The van der Waals surface area contributed by atoms with Gasteiger partial charge in [0.05, 0.1) is 17.4 Å². The monoisotopic (exact) mass is 302 g/mol. The summed E-state index contributed by atoms with van der Waals surface area (Å²) in [7, 11) is -1.49. The van der Waals surface area contributed by atoms with Crippen molar-refractivity contribution in [1.29, 1.82) is 0 Å². The number of rotatable bonds is 5. The molecule has 0 saturated carbocycles. The molecule has 0 aliphatic rings. The predicted molar refractivity (Wildman–Crippen MR) is 83.4 cm³/mol. The SMILES string of the molecule is CCOC(=O)C(c1ccccc1)S(=O)c1ccc(C)cc1. The second-order valence-corrected chi connectivity index (χ2v) is 6.19. The normalized spacial score (nSPS) is 13.4. The maximum absolute atomic E-state index is 12.8. The molecule has 3 nitrogen and oxygen atoms in total. The third-order valence-electron chi connectivity index (χ3n) is 3.07. The van der Waals surface area contributed by atoms with Crippen LogP contribution >= 0.6 is 0 Å². The molecule has 0 heterocycles. The van der Waals surface area contributed by atoms with Gasteiger partial charge in [0.15, 0.2) is 5.25 Å². The van der Waals surface area contributed by atoms with Gasteiger partial charge in [-0.2, -0.15) is 0 Å². The summed E-state index contributed by atoms with van der Waals surface area (Å²) in [5.74, 6) is -0.456. The molecule has 0 N–H and O–H groups in total. The van der Waals surface area contributed by atoms with Crippen molar-refractivity contribution in [2.24, 2.45) is 0 Å².